The highest BCUT2D eigenvalue weighted by Crippen LogP contribution is 2.09. The van der Waals surface area contributed by atoms with Gasteiger partial charge in [-0.15, -0.1) is 0 Å². The summed E-state index contributed by atoms with van der Waals surface area (Å²) in [4.78, 5) is 8.32. The summed E-state index contributed by atoms with van der Waals surface area (Å²) in [6.07, 6.45) is 5.40. The van der Waals surface area contributed by atoms with E-state index in [9.17, 15) is 0 Å². The summed E-state index contributed by atoms with van der Waals surface area (Å²) in [6, 6.07) is 0. The minimum Gasteiger partial charge on any atom is -0.325 e. The number of aromatic nitrogens is 3. The fraction of sp³-hybridized carbons (Fsp3) is 0.250. The highest BCUT2D eigenvalue weighted by Gasteiger charge is 2.04. The zero-order chi connectivity index (χ0) is 8.55. The van der Waals surface area contributed by atoms with Crippen molar-refractivity contribution in [1.29, 1.82) is 0 Å². The number of nitrogens with two attached hydrogens (primary N) is 1. The fourth-order valence-corrected chi connectivity index (χ4v) is 1.31. The van der Waals surface area contributed by atoms with E-state index in [0.717, 1.165) is 17.0 Å². The van der Waals surface area contributed by atoms with Crippen molar-refractivity contribution >= 4 is 5.52 Å². The highest BCUT2D eigenvalue weighted by atomic mass is 15.0. The van der Waals surface area contributed by atoms with Crippen molar-refractivity contribution in [3.8, 4) is 0 Å². The molecule has 0 saturated carbocycles. The largest absolute Gasteiger partial charge is 0.325 e. The minimum atomic E-state index is 0.461. The number of hydrogen-bond acceptors (Lipinski definition) is 3. The average molecular weight is 162 g/mol. The van der Waals surface area contributed by atoms with E-state index < -0.39 is 0 Å². The lowest BCUT2D eigenvalue weighted by Gasteiger charge is -1.93. The number of aryl methyl sites for hydroxylation is 1. The molecule has 2 aromatic rings. The lowest BCUT2D eigenvalue weighted by atomic mass is 10.4. The molecule has 4 heteroatoms. The summed E-state index contributed by atoms with van der Waals surface area (Å²) >= 11 is 0. The van der Waals surface area contributed by atoms with Crippen LogP contribution in [0.15, 0.2) is 18.6 Å². The van der Waals surface area contributed by atoms with Crippen molar-refractivity contribution in [3.63, 3.8) is 0 Å². The molecule has 2 aromatic heterocycles. The Kier molecular flexibility index (Phi) is 1.55. The van der Waals surface area contributed by atoms with Crippen LogP contribution in [0.2, 0.25) is 0 Å². The average Bonchev–Trinajstić information content (AvgIpc) is 2.44. The van der Waals surface area contributed by atoms with Crippen molar-refractivity contribution in [2.75, 3.05) is 0 Å². The SMILES string of the molecule is Cc1nc(CN)c2cnccn12. The van der Waals surface area contributed by atoms with Gasteiger partial charge in [0.15, 0.2) is 0 Å². The van der Waals surface area contributed by atoms with Gasteiger partial charge in [0, 0.05) is 18.9 Å². The first-order chi connectivity index (χ1) is 5.83. The van der Waals surface area contributed by atoms with Crippen LogP contribution in [0.25, 0.3) is 5.52 Å². The van der Waals surface area contributed by atoms with Crippen molar-refractivity contribution < 1.29 is 0 Å². The van der Waals surface area contributed by atoms with E-state index in [1.807, 2.05) is 17.5 Å². The van der Waals surface area contributed by atoms with Crippen LogP contribution in [-0.4, -0.2) is 14.4 Å². The van der Waals surface area contributed by atoms with Crippen LogP contribution >= 0.6 is 0 Å². The van der Waals surface area contributed by atoms with Gasteiger partial charge in [-0.2, -0.15) is 0 Å². The van der Waals surface area contributed by atoms with Gasteiger partial charge in [-0.05, 0) is 6.92 Å². The Bertz CT molecular complexity index is 404. The summed E-state index contributed by atoms with van der Waals surface area (Å²) in [7, 11) is 0. The number of hydrogen-bond donors (Lipinski definition) is 1. The number of fused-ring (bicyclic) bond motifs is 1. The van der Waals surface area contributed by atoms with Crippen molar-refractivity contribution in [2.24, 2.45) is 5.73 Å². The van der Waals surface area contributed by atoms with Crippen LogP contribution in [0, 0.1) is 6.92 Å². The topological polar surface area (TPSA) is 56.2 Å². The van der Waals surface area contributed by atoms with Gasteiger partial charge >= 0.3 is 0 Å². The second-order valence-electron chi connectivity index (χ2n) is 2.64. The normalized spacial score (nSPS) is 10.8. The van der Waals surface area contributed by atoms with E-state index in [4.69, 9.17) is 5.73 Å². The Labute approximate surface area is 70.1 Å². The van der Waals surface area contributed by atoms with Gasteiger partial charge in [0.25, 0.3) is 0 Å². The van der Waals surface area contributed by atoms with Crippen molar-refractivity contribution in [3.05, 3.63) is 30.1 Å². The molecule has 0 unspecified atom stereocenters. The van der Waals surface area contributed by atoms with Crippen LogP contribution in [0.4, 0.5) is 0 Å². The van der Waals surface area contributed by atoms with Crippen LogP contribution in [-0.2, 0) is 6.54 Å². The summed E-state index contributed by atoms with van der Waals surface area (Å²) in [6.45, 7) is 2.41. The van der Waals surface area contributed by atoms with E-state index in [-0.39, 0.29) is 0 Å². The second kappa shape index (κ2) is 2.57. The van der Waals surface area contributed by atoms with Gasteiger partial charge in [-0.25, -0.2) is 4.98 Å². The third-order valence-electron chi connectivity index (χ3n) is 1.89. The Balaban J connectivity index is 2.82. The zero-order valence-electron chi connectivity index (χ0n) is 6.86. The molecule has 2 rings (SSSR count). The number of nitrogens with zero attached hydrogens (tertiary/aromatic N) is 3. The van der Waals surface area contributed by atoms with E-state index in [0.29, 0.717) is 6.54 Å². The van der Waals surface area contributed by atoms with Gasteiger partial charge < -0.3 is 10.1 Å². The lowest BCUT2D eigenvalue weighted by Crippen LogP contribution is -1.97. The van der Waals surface area contributed by atoms with Gasteiger partial charge in [-0.1, -0.05) is 0 Å². The highest BCUT2D eigenvalue weighted by molar-refractivity contribution is 5.50. The molecule has 62 valence electrons. The molecule has 2 N–H and O–H groups in total. The summed E-state index contributed by atoms with van der Waals surface area (Å²) in [5, 5.41) is 0. The molecule has 2 heterocycles. The molecule has 0 amide bonds. The van der Waals surface area contributed by atoms with E-state index >= 15 is 0 Å². The van der Waals surface area contributed by atoms with Gasteiger partial charge in [0.1, 0.15) is 5.82 Å². The standard InChI is InChI=1S/C8H10N4/c1-6-11-7(4-9)8-5-10-2-3-12(6)8/h2-3,5H,4,9H2,1H3. The number of imidazole rings is 1. The summed E-state index contributed by atoms with van der Waals surface area (Å²) in [5.41, 5.74) is 7.43. The Morgan fingerprint density at radius 3 is 3.17 bits per heavy atom. The molecule has 0 aliphatic carbocycles. The number of rotatable bonds is 1. The molecule has 0 atom stereocenters. The predicted molar refractivity (Wildman–Crippen MR) is 45.6 cm³/mol. The van der Waals surface area contributed by atoms with Crippen LogP contribution in [0.1, 0.15) is 11.5 Å². The quantitative estimate of drug-likeness (QED) is 0.664. The van der Waals surface area contributed by atoms with E-state index in [1.54, 1.807) is 12.4 Å². The first kappa shape index (κ1) is 7.24. The molecule has 0 aliphatic heterocycles. The zero-order valence-corrected chi connectivity index (χ0v) is 6.86. The van der Waals surface area contributed by atoms with Crippen molar-refractivity contribution in [2.45, 2.75) is 13.5 Å². The second-order valence-corrected chi connectivity index (χ2v) is 2.64. The van der Waals surface area contributed by atoms with Gasteiger partial charge in [0.2, 0.25) is 0 Å². The molecule has 0 bridgehead atoms. The maximum absolute atomic E-state index is 5.53. The van der Waals surface area contributed by atoms with Gasteiger partial charge in [-0.3, -0.25) is 4.98 Å². The van der Waals surface area contributed by atoms with Crippen LogP contribution in [0.5, 0.6) is 0 Å². The molecule has 0 spiro atoms. The molecule has 12 heavy (non-hydrogen) atoms. The molecule has 4 nitrogen and oxygen atoms in total. The third-order valence-corrected chi connectivity index (χ3v) is 1.89. The predicted octanol–water partition coefficient (Wildman–Crippen LogP) is 0.496. The molecule has 0 aliphatic rings. The Morgan fingerprint density at radius 1 is 1.58 bits per heavy atom. The first-order valence-electron chi connectivity index (χ1n) is 3.80. The molecule has 0 fully saturated rings. The van der Waals surface area contributed by atoms with Gasteiger partial charge in [0.05, 0.1) is 17.4 Å². The van der Waals surface area contributed by atoms with E-state index in [1.165, 1.54) is 0 Å². The van der Waals surface area contributed by atoms with Crippen LogP contribution in [0.3, 0.4) is 0 Å². The molecular weight excluding hydrogens is 152 g/mol. The minimum absolute atomic E-state index is 0.461. The Morgan fingerprint density at radius 2 is 2.42 bits per heavy atom. The lowest BCUT2D eigenvalue weighted by molar-refractivity contribution is 0.989. The monoisotopic (exact) mass is 162 g/mol. The maximum Gasteiger partial charge on any atom is 0.110 e. The molecular formula is C8H10N4. The van der Waals surface area contributed by atoms with Crippen molar-refractivity contribution in [1.82, 2.24) is 14.4 Å². The first-order valence-corrected chi connectivity index (χ1v) is 3.80. The summed E-state index contributed by atoms with van der Waals surface area (Å²) in [5.74, 6) is 0.952. The Hall–Kier alpha value is -1.42. The molecule has 0 radical (unpaired) electrons. The van der Waals surface area contributed by atoms with Crippen LogP contribution < -0.4 is 5.73 Å². The maximum atomic E-state index is 5.53. The summed E-state index contributed by atoms with van der Waals surface area (Å²) < 4.78 is 1.98. The third kappa shape index (κ3) is 0.887. The fourth-order valence-electron chi connectivity index (χ4n) is 1.31. The smallest absolute Gasteiger partial charge is 0.110 e. The molecule has 0 aromatic carbocycles. The van der Waals surface area contributed by atoms with E-state index in [2.05, 4.69) is 9.97 Å². The molecule has 0 saturated heterocycles.